The molecule has 0 aliphatic heterocycles. The number of carbonyl (C=O) groups is 2. The van der Waals surface area contributed by atoms with E-state index in [1.165, 1.54) is 443 Å². The van der Waals surface area contributed by atoms with E-state index in [9.17, 15) is 9.59 Å². The van der Waals surface area contributed by atoms with Crippen molar-refractivity contribution in [1.82, 2.24) is 0 Å². The van der Waals surface area contributed by atoms with E-state index in [4.69, 9.17) is 18.6 Å². The van der Waals surface area contributed by atoms with Gasteiger partial charge in [-0.2, -0.15) is 0 Å². The van der Waals surface area contributed by atoms with Crippen molar-refractivity contribution in [3.05, 3.63) is 0 Å². The van der Waals surface area contributed by atoms with Gasteiger partial charge in [0.1, 0.15) is 0 Å². The summed E-state index contributed by atoms with van der Waals surface area (Å²) < 4.78 is 24.0. The van der Waals surface area contributed by atoms with Crippen molar-refractivity contribution in [1.29, 1.82) is 0 Å². The summed E-state index contributed by atoms with van der Waals surface area (Å²) in [5.41, 5.74) is -0.390. The highest BCUT2D eigenvalue weighted by molar-refractivity contribution is 6.74. The lowest BCUT2D eigenvalue weighted by Crippen LogP contribution is -2.47. The van der Waals surface area contributed by atoms with Crippen LogP contribution in [0.5, 0.6) is 0 Å². The molecule has 0 bridgehead atoms. The number of hydrogen-bond donors (Lipinski definition) is 0. The highest BCUT2D eigenvalue weighted by atomic mass is 28.4. The van der Waals surface area contributed by atoms with Crippen LogP contribution >= 0.6 is 0 Å². The van der Waals surface area contributed by atoms with Crippen LogP contribution in [-0.4, -0.2) is 53.3 Å². The molecule has 1 unspecified atom stereocenters. The maximum atomic E-state index is 13.4. The SMILES string of the molecule is CCCCCCCCCCCCCCCCCC[C@H](C)[C@H](CCCCCCCCCCCCCCCC[C@H](C)C1C[C@H]1CCCCCCCCCCCCCCCCCC[C@@H](O[Si](C)(C)C(C)(C)C)[C@@H](CCCCCCCCCCCCCCCCCCCCCCCCOC(=O)C(C)(C)C)C(=O)OC)OC. The van der Waals surface area contributed by atoms with Gasteiger partial charge in [0.2, 0.25) is 0 Å². The van der Waals surface area contributed by atoms with Gasteiger partial charge in [0, 0.05) is 7.11 Å². The molecule has 1 saturated carbocycles. The predicted molar refractivity (Wildman–Crippen MR) is 476 cm³/mol. The summed E-state index contributed by atoms with van der Waals surface area (Å²) in [7, 11) is 1.50. The lowest BCUT2D eigenvalue weighted by atomic mass is 9.91. The standard InChI is InChI=1S/C100H198O6Si/c1-14-15-16-17-18-19-20-21-22-33-41-48-55-62-69-76-83-91(3)95(103-10)86-79-72-65-58-51-44-38-37-40-47-54-61-68-75-82-90(2)94-89-92(94)84-77-70-63-56-49-42-34-30-31-36-45-52-59-66-73-80-87-96(106-107(12,13)100(7,8)9)93(97(101)104-11)85-78-71-64-57-50-43-35-29-27-25-23-24-26-28-32-39-46-53-60-67-74-81-88-105-98(102)99(4,5)6/h90-96H,14-89H2,1-13H3/t90-,91-,92+,93+,94?,95-,96+/m0/s1. The summed E-state index contributed by atoms with van der Waals surface area (Å²) in [6.07, 6.45) is 104. The number of rotatable bonds is 85. The van der Waals surface area contributed by atoms with E-state index >= 15 is 0 Å². The molecule has 1 aliphatic rings. The zero-order valence-electron chi connectivity index (χ0n) is 75.7. The van der Waals surface area contributed by atoms with Crippen molar-refractivity contribution in [2.75, 3.05) is 20.8 Å². The molecule has 0 N–H and O–H groups in total. The molecule has 7 heteroatoms. The molecule has 107 heavy (non-hydrogen) atoms. The molecule has 7 atom stereocenters. The summed E-state index contributed by atoms with van der Waals surface area (Å²) in [6, 6.07) is 0. The van der Waals surface area contributed by atoms with Crippen LogP contribution in [0.3, 0.4) is 0 Å². The first-order valence-electron chi connectivity index (χ1n) is 49.3. The average Bonchev–Trinajstić information content (AvgIpc) is 1.55. The Morgan fingerprint density at radius 2 is 0.617 bits per heavy atom. The molecule has 0 aromatic carbocycles. The molecule has 0 aromatic heterocycles. The third kappa shape index (κ3) is 65.0. The van der Waals surface area contributed by atoms with Gasteiger partial charge in [-0.1, -0.05) is 485 Å². The highest BCUT2D eigenvalue weighted by Crippen LogP contribution is 2.49. The summed E-state index contributed by atoms with van der Waals surface area (Å²) in [4.78, 5) is 25.3. The first kappa shape index (κ1) is 104. The third-order valence-corrected chi connectivity index (χ3v) is 30.8. The van der Waals surface area contributed by atoms with E-state index in [1.807, 2.05) is 27.9 Å². The molecule has 638 valence electrons. The Bertz CT molecular complexity index is 1850. The van der Waals surface area contributed by atoms with Crippen molar-refractivity contribution >= 4 is 20.3 Å². The van der Waals surface area contributed by atoms with Crippen molar-refractivity contribution < 1.29 is 28.2 Å². The Morgan fingerprint density at radius 3 is 0.916 bits per heavy atom. The van der Waals surface area contributed by atoms with Gasteiger partial charge >= 0.3 is 11.9 Å². The van der Waals surface area contributed by atoms with E-state index in [0.29, 0.717) is 18.6 Å². The molecule has 6 nitrogen and oxygen atoms in total. The molecule has 1 aliphatic carbocycles. The first-order chi connectivity index (χ1) is 51.9. The molecule has 0 saturated heterocycles. The summed E-state index contributed by atoms with van der Waals surface area (Å²) in [5, 5.41) is 0.113. The normalized spacial score (nSPS) is 15.6. The van der Waals surface area contributed by atoms with E-state index in [-0.39, 0.29) is 34.4 Å². The van der Waals surface area contributed by atoms with Gasteiger partial charge in [0.15, 0.2) is 8.32 Å². The second-order valence-corrected chi connectivity index (χ2v) is 43.5. The Labute approximate surface area is 674 Å². The monoisotopic (exact) mass is 1520 g/mol. The molecule has 1 rings (SSSR count). The lowest BCUT2D eigenvalue weighted by molar-refractivity contribution is -0.153. The van der Waals surface area contributed by atoms with Crippen LogP contribution in [0.4, 0.5) is 0 Å². The topological polar surface area (TPSA) is 71.1 Å². The van der Waals surface area contributed by atoms with Gasteiger partial charge in [0.25, 0.3) is 0 Å². The quantitative estimate of drug-likeness (QED) is 0.0343. The smallest absolute Gasteiger partial charge is 0.311 e. The zero-order chi connectivity index (χ0) is 78.3. The van der Waals surface area contributed by atoms with Gasteiger partial charge in [-0.3, -0.25) is 9.59 Å². The van der Waals surface area contributed by atoms with Crippen LogP contribution in [-0.2, 0) is 28.2 Å². The molecule has 0 spiro atoms. The molecular weight excluding hydrogens is 1330 g/mol. The number of unbranched alkanes of at least 4 members (excludes halogenated alkanes) is 64. The van der Waals surface area contributed by atoms with Gasteiger partial charge in [-0.25, -0.2) is 0 Å². The van der Waals surface area contributed by atoms with Crippen LogP contribution in [0, 0.1) is 35.0 Å². The number of esters is 2. The zero-order valence-corrected chi connectivity index (χ0v) is 76.7. The highest BCUT2D eigenvalue weighted by Gasteiger charge is 2.42. The minimum Gasteiger partial charge on any atom is -0.469 e. The maximum absolute atomic E-state index is 13.4. The molecule has 1 fully saturated rings. The van der Waals surface area contributed by atoms with Crippen LogP contribution in [0.2, 0.25) is 18.1 Å². The largest absolute Gasteiger partial charge is 0.469 e. The number of ether oxygens (including phenoxy) is 3. The second kappa shape index (κ2) is 73.9. The Balaban J connectivity index is 1.97. The van der Waals surface area contributed by atoms with E-state index in [2.05, 4.69) is 54.6 Å². The number of methoxy groups -OCH3 is 2. The van der Waals surface area contributed by atoms with Gasteiger partial charge < -0.3 is 18.6 Å². The minimum atomic E-state index is -2.05. The average molecular weight is 1520 g/mol. The first-order valence-corrected chi connectivity index (χ1v) is 52.3. The molecule has 0 amide bonds. The van der Waals surface area contributed by atoms with E-state index in [0.717, 1.165) is 49.9 Å². The Hall–Kier alpha value is -0.923. The van der Waals surface area contributed by atoms with Gasteiger partial charge in [-0.15, -0.1) is 0 Å². The Kier molecular flexibility index (Phi) is 71.9. The number of hydrogen-bond acceptors (Lipinski definition) is 6. The predicted octanol–water partition coefficient (Wildman–Crippen LogP) is 34.6. The second-order valence-electron chi connectivity index (χ2n) is 38.7. The molecule has 0 aromatic rings. The Morgan fingerprint density at radius 1 is 0.346 bits per heavy atom. The van der Waals surface area contributed by atoms with Crippen LogP contribution in [0.25, 0.3) is 0 Å². The fourth-order valence-electron chi connectivity index (χ4n) is 17.4. The van der Waals surface area contributed by atoms with Crippen molar-refractivity contribution in [2.45, 2.75) is 574 Å². The summed E-state index contributed by atoms with van der Waals surface area (Å²) in [5.74, 6) is 3.52. The maximum Gasteiger partial charge on any atom is 0.311 e. The van der Waals surface area contributed by atoms with E-state index < -0.39 is 8.32 Å². The third-order valence-electron chi connectivity index (χ3n) is 26.3. The van der Waals surface area contributed by atoms with E-state index in [1.54, 1.807) is 13.5 Å². The minimum absolute atomic E-state index is 0.0278. The van der Waals surface area contributed by atoms with Crippen LogP contribution < -0.4 is 0 Å². The molecular formula is C100H198O6Si. The van der Waals surface area contributed by atoms with Crippen molar-refractivity contribution in [3.8, 4) is 0 Å². The molecule has 0 radical (unpaired) electrons. The summed E-state index contributed by atoms with van der Waals surface area (Å²) >= 11 is 0. The lowest BCUT2D eigenvalue weighted by Gasteiger charge is -2.41. The fourth-order valence-corrected chi connectivity index (χ4v) is 18.8. The van der Waals surface area contributed by atoms with Crippen LogP contribution in [0.1, 0.15) is 544 Å². The van der Waals surface area contributed by atoms with Crippen molar-refractivity contribution in [2.24, 2.45) is 35.0 Å². The number of carbonyl (C=O) groups excluding carboxylic acids is 2. The van der Waals surface area contributed by atoms with Gasteiger partial charge in [0.05, 0.1) is 37.3 Å². The molecule has 0 heterocycles. The summed E-state index contributed by atoms with van der Waals surface area (Å²) in [6.45, 7) is 25.4. The van der Waals surface area contributed by atoms with Crippen LogP contribution in [0.15, 0.2) is 0 Å². The fraction of sp³-hybridized carbons (Fsp3) is 0.980. The van der Waals surface area contributed by atoms with Gasteiger partial charge in [-0.05, 0) is 101 Å². The van der Waals surface area contributed by atoms with Crippen molar-refractivity contribution in [3.63, 3.8) is 0 Å².